The van der Waals surface area contributed by atoms with Crippen LogP contribution in [-0.2, 0) is 10.2 Å². The molecule has 0 atom stereocenters. The summed E-state index contributed by atoms with van der Waals surface area (Å²) in [4.78, 5) is 27.7. The van der Waals surface area contributed by atoms with Crippen LogP contribution in [0.2, 0.25) is 0 Å². The van der Waals surface area contributed by atoms with Gasteiger partial charge < -0.3 is 15.0 Å². The molecule has 1 N–H and O–H groups in total. The molecule has 0 aromatic heterocycles. The molecule has 1 aliphatic heterocycles. The van der Waals surface area contributed by atoms with Gasteiger partial charge in [0.25, 0.3) is 11.8 Å². The number of piperidine rings is 1. The van der Waals surface area contributed by atoms with Gasteiger partial charge in [-0.1, -0.05) is 50.6 Å². The number of likely N-dealkylation sites (tertiary alicyclic amines) is 1. The number of rotatable bonds is 5. The van der Waals surface area contributed by atoms with Crippen molar-refractivity contribution in [2.45, 2.75) is 56.9 Å². The van der Waals surface area contributed by atoms with E-state index in [2.05, 4.69) is 51.7 Å². The second kappa shape index (κ2) is 9.77. The summed E-state index contributed by atoms with van der Waals surface area (Å²) in [6.07, 6.45) is 1.45. The van der Waals surface area contributed by atoms with Crippen molar-refractivity contribution >= 4 is 24.4 Å². The van der Waals surface area contributed by atoms with E-state index in [9.17, 15) is 9.59 Å². The number of amides is 2. The van der Waals surface area contributed by atoms with Crippen LogP contribution in [-0.4, -0.2) is 42.5 Å². The van der Waals surface area contributed by atoms with Gasteiger partial charge in [-0.15, -0.1) is 12.6 Å². The van der Waals surface area contributed by atoms with E-state index in [4.69, 9.17) is 4.74 Å². The van der Waals surface area contributed by atoms with Crippen molar-refractivity contribution in [3.63, 3.8) is 0 Å². The molecule has 166 valence electrons. The molecule has 5 nitrogen and oxygen atoms in total. The summed E-state index contributed by atoms with van der Waals surface area (Å²) in [5, 5.41) is 3.05. The van der Waals surface area contributed by atoms with Crippen LogP contribution in [0.3, 0.4) is 0 Å². The quantitative estimate of drug-likeness (QED) is 0.679. The van der Waals surface area contributed by atoms with Crippen LogP contribution in [0.15, 0.2) is 47.4 Å². The maximum Gasteiger partial charge on any atom is 0.258 e. The van der Waals surface area contributed by atoms with Crippen LogP contribution in [0.4, 0.5) is 0 Å². The van der Waals surface area contributed by atoms with Crippen LogP contribution >= 0.6 is 12.6 Å². The average Bonchev–Trinajstić information content (AvgIpc) is 2.72. The zero-order valence-electron chi connectivity index (χ0n) is 18.8. The number of ether oxygens (including phenoxy) is 1. The number of hydrogen-bond donors (Lipinski definition) is 2. The lowest BCUT2D eigenvalue weighted by Crippen LogP contribution is -2.47. The van der Waals surface area contributed by atoms with Crippen molar-refractivity contribution in [2.24, 2.45) is 0 Å². The van der Waals surface area contributed by atoms with Gasteiger partial charge in [0.2, 0.25) is 0 Å². The minimum atomic E-state index is -0.133. The van der Waals surface area contributed by atoms with Crippen molar-refractivity contribution in [1.29, 1.82) is 0 Å². The first-order valence-electron chi connectivity index (χ1n) is 10.8. The maximum absolute atomic E-state index is 12.7. The fourth-order valence-corrected chi connectivity index (χ4v) is 4.08. The van der Waals surface area contributed by atoms with Crippen LogP contribution in [0.1, 0.15) is 55.1 Å². The van der Waals surface area contributed by atoms with Crippen molar-refractivity contribution in [1.82, 2.24) is 10.2 Å². The number of aryl methyl sites for hydroxylation is 1. The standard InChI is InChI=1S/C25H32N2O3S/c1-17-9-10-21(20(15-17)25(2,3)4)30-16-23(28)26-18-11-13-27(14-12-18)24(29)19-7-5-6-8-22(19)31/h5-10,15,18,31H,11-14,16H2,1-4H3,(H,26,28). The van der Waals surface area contributed by atoms with Gasteiger partial charge in [-0.2, -0.15) is 0 Å². The molecule has 3 rings (SSSR count). The summed E-state index contributed by atoms with van der Waals surface area (Å²) in [6, 6.07) is 13.4. The normalized spacial score (nSPS) is 14.9. The average molecular weight is 441 g/mol. The van der Waals surface area contributed by atoms with E-state index in [-0.39, 0.29) is 29.9 Å². The van der Waals surface area contributed by atoms with E-state index in [1.165, 1.54) is 5.56 Å². The Morgan fingerprint density at radius 2 is 1.81 bits per heavy atom. The van der Waals surface area contributed by atoms with E-state index < -0.39 is 0 Å². The van der Waals surface area contributed by atoms with Crippen molar-refractivity contribution in [3.05, 3.63) is 59.2 Å². The fourth-order valence-electron chi connectivity index (χ4n) is 3.82. The zero-order chi connectivity index (χ0) is 22.6. The molecule has 0 spiro atoms. The highest BCUT2D eigenvalue weighted by molar-refractivity contribution is 7.80. The Labute approximate surface area is 190 Å². The third-order valence-corrected chi connectivity index (χ3v) is 5.97. The van der Waals surface area contributed by atoms with E-state index in [0.717, 1.165) is 24.2 Å². The van der Waals surface area contributed by atoms with Gasteiger partial charge in [-0.3, -0.25) is 9.59 Å². The Balaban J connectivity index is 1.50. The van der Waals surface area contributed by atoms with Gasteiger partial charge >= 0.3 is 0 Å². The predicted molar refractivity (Wildman–Crippen MR) is 126 cm³/mol. The fraction of sp³-hybridized carbons (Fsp3) is 0.440. The van der Waals surface area contributed by atoms with E-state index in [1.54, 1.807) is 6.07 Å². The molecule has 1 saturated heterocycles. The predicted octanol–water partition coefficient (Wildman–Crippen LogP) is 4.38. The second-order valence-corrected chi connectivity index (χ2v) is 9.67. The highest BCUT2D eigenvalue weighted by Crippen LogP contribution is 2.32. The van der Waals surface area contributed by atoms with E-state index in [0.29, 0.717) is 23.5 Å². The molecule has 2 aromatic rings. The number of benzene rings is 2. The van der Waals surface area contributed by atoms with Crippen molar-refractivity contribution < 1.29 is 14.3 Å². The lowest BCUT2D eigenvalue weighted by Gasteiger charge is -2.32. The highest BCUT2D eigenvalue weighted by Gasteiger charge is 2.26. The third kappa shape index (κ3) is 6.03. The third-order valence-electron chi connectivity index (χ3n) is 5.58. The zero-order valence-corrected chi connectivity index (χ0v) is 19.7. The molecule has 0 saturated carbocycles. The molecule has 0 radical (unpaired) electrons. The molecule has 6 heteroatoms. The van der Waals surface area contributed by atoms with Crippen molar-refractivity contribution in [3.8, 4) is 5.75 Å². The molecule has 0 bridgehead atoms. The minimum Gasteiger partial charge on any atom is -0.483 e. The first-order valence-corrected chi connectivity index (χ1v) is 11.2. The topological polar surface area (TPSA) is 58.6 Å². The minimum absolute atomic E-state index is 0.00668. The van der Waals surface area contributed by atoms with Gasteiger partial charge in [0, 0.05) is 24.0 Å². The Bertz CT molecular complexity index is 944. The van der Waals surface area contributed by atoms with E-state index >= 15 is 0 Å². The Hall–Kier alpha value is -2.47. The van der Waals surface area contributed by atoms with Crippen LogP contribution < -0.4 is 10.1 Å². The van der Waals surface area contributed by atoms with Gasteiger partial charge in [0.1, 0.15) is 5.75 Å². The molecule has 1 aliphatic rings. The lowest BCUT2D eigenvalue weighted by molar-refractivity contribution is -0.124. The SMILES string of the molecule is Cc1ccc(OCC(=O)NC2CCN(C(=O)c3ccccc3S)CC2)c(C(C)(C)C)c1. The molecular formula is C25H32N2O3S. The Kier molecular flexibility index (Phi) is 7.31. The largest absolute Gasteiger partial charge is 0.483 e. The number of carbonyl (C=O) groups excluding carboxylic acids is 2. The first kappa shape index (κ1) is 23.2. The van der Waals surface area contributed by atoms with Gasteiger partial charge in [0.05, 0.1) is 5.56 Å². The number of carbonyl (C=O) groups is 2. The number of nitrogens with one attached hydrogen (secondary N) is 1. The molecule has 2 aromatic carbocycles. The van der Waals surface area contributed by atoms with Crippen LogP contribution in [0, 0.1) is 6.92 Å². The molecule has 0 unspecified atom stereocenters. The summed E-state index contributed by atoms with van der Waals surface area (Å²) >= 11 is 4.39. The molecule has 0 aliphatic carbocycles. The number of nitrogens with zero attached hydrogens (tertiary/aromatic N) is 1. The Morgan fingerprint density at radius 3 is 2.45 bits per heavy atom. The Morgan fingerprint density at radius 1 is 1.13 bits per heavy atom. The molecular weight excluding hydrogens is 408 g/mol. The van der Waals surface area contributed by atoms with Gasteiger partial charge in [0.15, 0.2) is 6.61 Å². The lowest BCUT2D eigenvalue weighted by atomic mass is 9.85. The van der Waals surface area contributed by atoms with Gasteiger partial charge in [-0.25, -0.2) is 0 Å². The second-order valence-electron chi connectivity index (χ2n) is 9.19. The van der Waals surface area contributed by atoms with Crippen LogP contribution in [0.25, 0.3) is 0 Å². The summed E-state index contributed by atoms with van der Waals surface area (Å²) < 4.78 is 5.87. The summed E-state index contributed by atoms with van der Waals surface area (Å²) in [6.45, 7) is 9.66. The summed E-state index contributed by atoms with van der Waals surface area (Å²) in [7, 11) is 0. The first-order chi connectivity index (χ1) is 14.6. The molecule has 1 fully saturated rings. The highest BCUT2D eigenvalue weighted by atomic mass is 32.1. The number of thiol groups is 1. The maximum atomic E-state index is 12.7. The molecule has 2 amide bonds. The van der Waals surface area contributed by atoms with E-state index in [1.807, 2.05) is 35.2 Å². The smallest absolute Gasteiger partial charge is 0.258 e. The summed E-state index contributed by atoms with van der Waals surface area (Å²) in [5.74, 6) is 0.609. The van der Waals surface area contributed by atoms with Crippen molar-refractivity contribution in [2.75, 3.05) is 19.7 Å². The molecule has 1 heterocycles. The van der Waals surface area contributed by atoms with Crippen LogP contribution in [0.5, 0.6) is 5.75 Å². The summed E-state index contributed by atoms with van der Waals surface area (Å²) in [5.41, 5.74) is 2.82. The monoisotopic (exact) mass is 440 g/mol. The number of hydrogen-bond acceptors (Lipinski definition) is 4. The molecule has 31 heavy (non-hydrogen) atoms. The van der Waals surface area contributed by atoms with Gasteiger partial charge in [-0.05, 0) is 48.9 Å².